The Balaban J connectivity index is 1.34. The summed E-state index contributed by atoms with van der Waals surface area (Å²) in [4.78, 5) is 27.8. The van der Waals surface area contributed by atoms with Crippen molar-refractivity contribution < 1.29 is 18.7 Å². The third-order valence-electron chi connectivity index (χ3n) is 3.93. The molecular weight excluding hydrogens is 364 g/mol. The molecule has 0 aliphatic heterocycles. The number of benzene rings is 2. The van der Waals surface area contributed by atoms with Crippen molar-refractivity contribution in [3.63, 3.8) is 0 Å². The Labute approximate surface area is 161 Å². The van der Waals surface area contributed by atoms with Gasteiger partial charge in [0, 0.05) is 6.54 Å². The summed E-state index contributed by atoms with van der Waals surface area (Å²) >= 11 is 1.14. The molecule has 1 amide bonds. The van der Waals surface area contributed by atoms with Gasteiger partial charge in [0.05, 0.1) is 0 Å². The van der Waals surface area contributed by atoms with Gasteiger partial charge in [-0.05, 0) is 36.6 Å². The van der Waals surface area contributed by atoms with Gasteiger partial charge in [0.1, 0.15) is 11.3 Å². The van der Waals surface area contributed by atoms with Crippen LogP contribution in [-0.4, -0.2) is 35.8 Å². The van der Waals surface area contributed by atoms with Crippen LogP contribution in [0.25, 0.3) is 11.1 Å². The van der Waals surface area contributed by atoms with Crippen molar-refractivity contribution in [2.75, 3.05) is 18.9 Å². The van der Waals surface area contributed by atoms with Gasteiger partial charge in [-0.25, -0.2) is 4.98 Å². The number of nitrogens with zero attached hydrogens (tertiary/aromatic N) is 1. The van der Waals surface area contributed by atoms with Gasteiger partial charge in [-0.2, -0.15) is 0 Å². The minimum absolute atomic E-state index is 0.0311. The number of nitrogens with one attached hydrogen (secondary N) is 1. The van der Waals surface area contributed by atoms with E-state index >= 15 is 0 Å². The van der Waals surface area contributed by atoms with Crippen molar-refractivity contribution in [3.8, 4) is 0 Å². The Kier molecular flexibility index (Phi) is 6.49. The second kappa shape index (κ2) is 9.23. The molecule has 1 N–H and O–H groups in total. The quantitative estimate of drug-likeness (QED) is 0.475. The fourth-order valence-corrected chi connectivity index (χ4v) is 3.14. The van der Waals surface area contributed by atoms with E-state index < -0.39 is 5.97 Å². The Hall–Kier alpha value is -2.80. The number of aryl methyl sites for hydroxylation is 1. The molecule has 3 rings (SSSR count). The first-order valence-corrected chi connectivity index (χ1v) is 9.55. The van der Waals surface area contributed by atoms with Gasteiger partial charge in [-0.1, -0.05) is 48.2 Å². The van der Waals surface area contributed by atoms with E-state index in [1.165, 1.54) is 11.1 Å². The number of amides is 1. The van der Waals surface area contributed by atoms with Crippen LogP contribution in [0.15, 0.2) is 58.2 Å². The predicted octanol–water partition coefficient (Wildman–Crippen LogP) is 3.13. The molecule has 6 nitrogen and oxygen atoms in total. The molecule has 3 aromatic rings. The van der Waals surface area contributed by atoms with Gasteiger partial charge in [-0.3, -0.25) is 9.59 Å². The number of hydrogen-bond acceptors (Lipinski definition) is 6. The maximum atomic E-state index is 11.8. The first-order chi connectivity index (χ1) is 13.1. The standard InChI is InChI=1S/C20H20N2O4S/c1-14-6-2-3-7-15(14)10-11-21-18(23)12-25-19(24)13-27-20-22-16-8-4-5-9-17(16)26-20/h2-9H,10-13H2,1H3,(H,21,23). The number of aromatic nitrogens is 1. The SMILES string of the molecule is Cc1ccccc1CCNC(=O)COC(=O)CSc1nc2ccccc2o1. The fraction of sp³-hybridized carbons (Fsp3) is 0.250. The van der Waals surface area contributed by atoms with Crippen molar-refractivity contribution in [3.05, 3.63) is 59.7 Å². The second-order valence-corrected chi connectivity index (χ2v) is 6.85. The van der Waals surface area contributed by atoms with Gasteiger partial charge < -0.3 is 14.5 Å². The molecule has 0 unspecified atom stereocenters. The minimum atomic E-state index is -0.490. The maximum absolute atomic E-state index is 11.8. The van der Waals surface area contributed by atoms with E-state index in [0.717, 1.165) is 23.7 Å². The summed E-state index contributed by atoms with van der Waals surface area (Å²) in [5.74, 6) is -0.774. The third-order valence-corrected chi connectivity index (χ3v) is 4.73. The summed E-state index contributed by atoms with van der Waals surface area (Å²) in [5.41, 5.74) is 3.78. The number of carbonyl (C=O) groups is 2. The fourth-order valence-electron chi connectivity index (χ4n) is 2.50. The van der Waals surface area contributed by atoms with E-state index in [4.69, 9.17) is 9.15 Å². The molecule has 140 valence electrons. The van der Waals surface area contributed by atoms with Gasteiger partial charge in [0.25, 0.3) is 11.1 Å². The second-order valence-electron chi connectivity index (χ2n) is 5.92. The average Bonchev–Trinajstić information content (AvgIpc) is 3.09. The summed E-state index contributed by atoms with van der Waals surface area (Å²) < 4.78 is 10.5. The lowest BCUT2D eigenvalue weighted by molar-refractivity contribution is -0.145. The lowest BCUT2D eigenvalue weighted by Gasteiger charge is -2.08. The number of oxazole rings is 1. The Morgan fingerprint density at radius 3 is 2.74 bits per heavy atom. The van der Waals surface area contributed by atoms with Crippen LogP contribution in [0.4, 0.5) is 0 Å². The number of hydrogen-bond donors (Lipinski definition) is 1. The van der Waals surface area contributed by atoms with Crippen LogP contribution >= 0.6 is 11.8 Å². The molecule has 27 heavy (non-hydrogen) atoms. The molecule has 0 aliphatic carbocycles. The van der Waals surface area contributed by atoms with E-state index in [1.54, 1.807) is 0 Å². The topological polar surface area (TPSA) is 81.4 Å². The summed E-state index contributed by atoms with van der Waals surface area (Å²) in [7, 11) is 0. The number of para-hydroxylation sites is 2. The highest BCUT2D eigenvalue weighted by atomic mass is 32.2. The molecule has 0 fully saturated rings. The first kappa shape index (κ1) is 19.0. The smallest absolute Gasteiger partial charge is 0.316 e. The normalized spacial score (nSPS) is 10.7. The lowest BCUT2D eigenvalue weighted by Crippen LogP contribution is -2.30. The van der Waals surface area contributed by atoms with E-state index in [9.17, 15) is 9.59 Å². The molecule has 0 aliphatic rings. The first-order valence-electron chi connectivity index (χ1n) is 8.57. The Morgan fingerprint density at radius 1 is 1.15 bits per heavy atom. The van der Waals surface area contributed by atoms with Crippen molar-refractivity contribution in [1.29, 1.82) is 0 Å². The highest BCUT2D eigenvalue weighted by Gasteiger charge is 2.11. The molecule has 0 saturated heterocycles. The highest BCUT2D eigenvalue weighted by molar-refractivity contribution is 7.99. The molecule has 1 heterocycles. The van der Waals surface area contributed by atoms with Crippen LogP contribution < -0.4 is 5.32 Å². The van der Waals surface area contributed by atoms with Crippen LogP contribution in [0, 0.1) is 6.92 Å². The monoisotopic (exact) mass is 384 g/mol. The van der Waals surface area contributed by atoms with Crippen molar-refractivity contribution in [1.82, 2.24) is 10.3 Å². The molecule has 0 atom stereocenters. The maximum Gasteiger partial charge on any atom is 0.316 e. The molecule has 0 bridgehead atoms. The Bertz CT molecular complexity index is 905. The lowest BCUT2D eigenvalue weighted by atomic mass is 10.1. The molecule has 1 aromatic heterocycles. The van der Waals surface area contributed by atoms with Crippen LogP contribution in [0.1, 0.15) is 11.1 Å². The number of esters is 1. The molecule has 2 aromatic carbocycles. The summed E-state index contributed by atoms with van der Waals surface area (Å²) in [6.07, 6.45) is 0.736. The summed E-state index contributed by atoms with van der Waals surface area (Å²) in [6.45, 7) is 2.24. The van der Waals surface area contributed by atoms with Crippen molar-refractivity contribution in [2.45, 2.75) is 18.6 Å². The number of carbonyl (C=O) groups excluding carboxylic acids is 2. The minimum Gasteiger partial charge on any atom is -0.455 e. The van der Waals surface area contributed by atoms with E-state index in [0.29, 0.717) is 17.4 Å². The van der Waals surface area contributed by atoms with E-state index in [1.807, 2.05) is 55.5 Å². The van der Waals surface area contributed by atoms with Crippen LogP contribution in [0.3, 0.4) is 0 Å². The molecule has 7 heteroatoms. The molecule has 0 saturated carbocycles. The number of ether oxygens (including phenoxy) is 1. The van der Waals surface area contributed by atoms with E-state index in [2.05, 4.69) is 10.3 Å². The number of rotatable bonds is 8. The average molecular weight is 384 g/mol. The largest absolute Gasteiger partial charge is 0.455 e. The molecule has 0 spiro atoms. The van der Waals surface area contributed by atoms with Crippen LogP contribution in [0.2, 0.25) is 0 Å². The van der Waals surface area contributed by atoms with Gasteiger partial charge in [0.2, 0.25) is 0 Å². The third kappa shape index (κ3) is 5.59. The van der Waals surface area contributed by atoms with Crippen molar-refractivity contribution >= 4 is 34.7 Å². The molecule has 0 radical (unpaired) electrons. The van der Waals surface area contributed by atoms with Gasteiger partial charge in [0.15, 0.2) is 12.2 Å². The number of thioether (sulfide) groups is 1. The zero-order valence-electron chi connectivity index (χ0n) is 14.9. The van der Waals surface area contributed by atoms with Gasteiger partial charge in [-0.15, -0.1) is 0 Å². The highest BCUT2D eigenvalue weighted by Crippen LogP contribution is 2.23. The Morgan fingerprint density at radius 2 is 1.93 bits per heavy atom. The summed E-state index contributed by atoms with van der Waals surface area (Å²) in [5, 5.41) is 3.15. The van der Waals surface area contributed by atoms with Crippen LogP contribution in [-0.2, 0) is 20.7 Å². The number of fused-ring (bicyclic) bond motifs is 1. The zero-order chi connectivity index (χ0) is 19.1. The zero-order valence-corrected chi connectivity index (χ0v) is 15.8. The van der Waals surface area contributed by atoms with Crippen LogP contribution in [0.5, 0.6) is 0 Å². The molecular formula is C20H20N2O4S. The van der Waals surface area contributed by atoms with Gasteiger partial charge >= 0.3 is 5.97 Å². The van der Waals surface area contributed by atoms with E-state index in [-0.39, 0.29) is 18.3 Å². The van der Waals surface area contributed by atoms with Crippen molar-refractivity contribution in [2.24, 2.45) is 0 Å². The predicted molar refractivity (Wildman–Crippen MR) is 104 cm³/mol. The summed E-state index contributed by atoms with van der Waals surface area (Å²) in [6, 6.07) is 15.4.